The maximum absolute atomic E-state index is 12.2. The van der Waals surface area contributed by atoms with Crippen molar-refractivity contribution in [1.82, 2.24) is 0 Å². The van der Waals surface area contributed by atoms with Gasteiger partial charge in [0.15, 0.2) is 0 Å². The van der Waals surface area contributed by atoms with E-state index in [-0.39, 0.29) is 28.1 Å². The first-order valence-electron chi connectivity index (χ1n) is 5.09. The predicted molar refractivity (Wildman–Crippen MR) is 75.2 cm³/mol. The van der Waals surface area contributed by atoms with Gasteiger partial charge in [-0.1, -0.05) is 30.3 Å². The molecule has 0 heterocycles. The summed E-state index contributed by atoms with van der Waals surface area (Å²) >= 11 is -0.596. The molecule has 0 radical (unpaired) electrons. The van der Waals surface area contributed by atoms with Gasteiger partial charge in [-0.3, -0.25) is 4.79 Å². The van der Waals surface area contributed by atoms with Gasteiger partial charge >= 0.3 is 6.29 Å². The molecule has 1 rings (SSSR count). The van der Waals surface area contributed by atoms with Crippen LogP contribution in [0.5, 0.6) is 0 Å². The highest BCUT2D eigenvalue weighted by Crippen LogP contribution is 2.12. The molecule has 0 saturated heterocycles. The van der Waals surface area contributed by atoms with Crippen molar-refractivity contribution >= 4 is 28.1 Å². The van der Waals surface area contributed by atoms with Crippen LogP contribution >= 0.6 is 0 Å². The molecule has 1 aromatic rings. The molecule has 0 aliphatic rings. The van der Waals surface area contributed by atoms with E-state index >= 15 is 0 Å². The highest BCUT2D eigenvalue weighted by Gasteiger charge is 2.33. The monoisotopic (exact) mass is 274 g/mol. The van der Waals surface area contributed by atoms with Crippen LogP contribution in [0.25, 0.3) is 0 Å². The van der Waals surface area contributed by atoms with Crippen molar-refractivity contribution in [1.29, 1.82) is 0 Å². The number of hydrogen-bond acceptors (Lipinski definition) is 3. The van der Waals surface area contributed by atoms with Gasteiger partial charge in [0.1, 0.15) is 47.4 Å². The molecule has 0 bridgehead atoms. The van der Waals surface area contributed by atoms with E-state index in [1.807, 2.05) is 43.2 Å². The SMILES string of the molecule is C[S+](C)OC(O[S+](C)C)C(=O)c1ccccc1. The second kappa shape index (κ2) is 7.06. The Balaban J connectivity index is 2.79. The van der Waals surface area contributed by atoms with Crippen LogP contribution in [0, 0.1) is 0 Å². The van der Waals surface area contributed by atoms with E-state index in [9.17, 15) is 4.79 Å². The maximum atomic E-state index is 12.2. The number of hydrogen-bond donors (Lipinski definition) is 0. The molecule has 0 spiro atoms. The molecular formula is C12H18O3S2+2. The van der Waals surface area contributed by atoms with Gasteiger partial charge < -0.3 is 0 Å². The summed E-state index contributed by atoms with van der Waals surface area (Å²) in [7, 11) is 0. The van der Waals surface area contributed by atoms with Crippen molar-refractivity contribution in [3.8, 4) is 0 Å². The topological polar surface area (TPSA) is 35.5 Å². The zero-order valence-corrected chi connectivity index (χ0v) is 12.1. The fourth-order valence-corrected chi connectivity index (χ4v) is 2.19. The van der Waals surface area contributed by atoms with Crippen molar-refractivity contribution < 1.29 is 13.2 Å². The van der Waals surface area contributed by atoms with Crippen molar-refractivity contribution in [2.75, 3.05) is 25.0 Å². The average molecular weight is 274 g/mol. The van der Waals surface area contributed by atoms with Gasteiger partial charge in [-0.05, 0) is 0 Å². The molecule has 3 nitrogen and oxygen atoms in total. The highest BCUT2D eigenvalue weighted by molar-refractivity contribution is 7.91. The molecule has 0 aromatic heterocycles. The van der Waals surface area contributed by atoms with Crippen LogP contribution in [-0.2, 0) is 30.7 Å². The largest absolute Gasteiger partial charge is 0.327 e. The minimum Gasteiger partial charge on any atom is -0.288 e. The molecule has 5 heteroatoms. The summed E-state index contributed by atoms with van der Waals surface area (Å²) < 4.78 is 11.1. The Morgan fingerprint density at radius 2 is 1.47 bits per heavy atom. The minimum atomic E-state index is -0.797. The first-order chi connectivity index (χ1) is 8.00. The lowest BCUT2D eigenvalue weighted by molar-refractivity contribution is 0.0297. The van der Waals surface area contributed by atoms with Gasteiger partial charge in [-0.15, -0.1) is 8.37 Å². The molecule has 17 heavy (non-hydrogen) atoms. The van der Waals surface area contributed by atoms with Gasteiger partial charge in [0.2, 0.25) is 5.78 Å². The number of rotatable bonds is 6. The van der Waals surface area contributed by atoms with Crippen LogP contribution in [0.15, 0.2) is 30.3 Å². The van der Waals surface area contributed by atoms with Crippen molar-refractivity contribution in [3.05, 3.63) is 35.9 Å². The molecule has 94 valence electrons. The number of Topliss-reactive ketones (excluding diaryl/α,β-unsaturated/α-hetero) is 1. The highest BCUT2D eigenvalue weighted by atomic mass is 32.2. The smallest absolute Gasteiger partial charge is 0.288 e. The lowest BCUT2D eigenvalue weighted by Gasteiger charge is -2.10. The lowest BCUT2D eigenvalue weighted by Crippen LogP contribution is -2.31. The third kappa shape index (κ3) is 5.12. The molecule has 0 amide bonds. The van der Waals surface area contributed by atoms with Gasteiger partial charge in [-0.2, -0.15) is 0 Å². The third-order valence-corrected chi connectivity index (χ3v) is 2.95. The lowest BCUT2D eigenvalue weighted by atomic mass is 10.1. The second-order valence-electron chi connectivity index (χ2n) is 3.74. The summed E-state index contributed by atoms with van der Waals surface area (Å²) in [5, 5.41) is 0. The first-order valence-corrected chi connectivity index (χ1v) is 9.02. The second-order valence-corrected chi connectivity index (χ2v) is 7.09. The van der Waals surface area contributed by atoms with Crippen LogP contribution in [-0.4, -0.2) is 37.1 Å². The van der Waals surface area contributed by atoms with Crippen LogP contribution < -0.4 is 0 Å². The van der Waals surface area contributed by atoms with Crippen molar-refractivity contribution in [2.24, 2.45) is 0 Å². The molecule has 0 N–H and O–H groups in total. The summed E-state index contributed by atoms with van der Waals surface area (Å²) in [6, 6.07) is 9.09. The number of ketones is 1. The Hall–Kier alpha value is -0.490. The van der Waals surface area contributed by atoms with Crippen LogP contribution in [0.2, 0.25) is 0 Å². The van der Waals surface area contributed by atoms with Gasteiger partial charge in [-0.25, -0.2) is 0 Å². The summed E-state index contributed by atoms with van der Waals surface area (Å²) in [4.78, 5) is 12.2. The van der Waals surface area contributed by atoms with E-state index in [1.165, 1.54) is 0 Å². The van der Waals surface area contributed by atoms with E-state index < -0.39 is 6.29 Å². The Morgan fingerprint density at radius 3 is 1.88 bits per heavy atom. The van der Waals surface area contributed by atoms with Crippen molar-refractivity contribution in [2.45, 2.75) is 6.29 Å². The summed E-state index contributed by atoms with van der Waals surface area (Å²) in [6.07, 6.45) is 6.86. The fraction of sp³-hybridized carbons (Fsp3) is 0.417. The Morgan fingerprint density at radius 1 is 1.00 bits per heavy atom. The molecule has 0 fully saturated rings. The van der Waals surface area contributed by atoms with Gasteiger partial charge in [0.05, 0.1) is 0 Å². The summed E-state index contributed by atoms with van der Waals surface area (Å²) in [6.45, 7) is 0. The molecule has 1 aromatic carbocycles. The molecule has 0 aliphatic heterocycles. The molecule has 0 aliphatic carbocycles. The molecule has 0 unspecified atom stereocenters. The Kier molecular flexibility index (Phi) is 6.05. The van der Waals surface area contributed by atoms with Crippen LogP contribution in [0.1, 0.15) is 10.4 Å². The minimum absolute atomic E-state index is 0.118. The predicted octanol–water partition coefficient (Wildman–Crippen LogP) is 1.81. The first kappa shape index (κ1) is 14.6. The zero-order chi connectivity index (χ0) is 12.8. The van der Waals surface area contributed by atoms with Crippen LogP contribution in [0.3, 0.4) is 0 Å². The number of carbonyl (C=O) groups excluding carboxylic acids is 1. The quantitative estimate of drug-likeness (QED) is 0.451. The maximum Gasteiger partial charge on any atom is 0.327 e. The molecule has 0 saturated carbocycles. The third-order valence-electron chi connectivity index (χ3n) is 1.83. The van der Waals surface area contributed by atoms with Crippen LogP contribution in [0.4, 0.5) is 0 Å². The summed E-state index contributed by atoms with van der Waals surface area (Å²) in [5.41, 5.74) is 0.619. The zero-order valence-electron chi connectivity index (χ0n) is 10.5. The average Bonchev–Trinajstić information content (AvgIpc) is 2.27. The molecular weight excluding hydrogens is 256 g/mol. The summed E-state index contributed by atoms with van der Waals surface area (Å²) in [5.74, 6) is -0.118. The Labute approximate surface area is 109 Å². The van der Waals surface area contributed by atoms with Gasteiger partial charge in [0.25, 0.3) is 0 Å². The van der Waals surface area contributed by atoms with Crippen molar-refractivity contribution in [3.63, 3.8) is 0 Å². The van der Waals surface area contributed by atoms with E-state index in [0.29, 0.717) is 5.56 Å². The van der Waals surface area contributed by atoms with E-state index in [2.05, 4.69) is 0 Å². The van der Waals surface area contributed by atoms with E-state index in [4.69, 9.17) is 8.37 Å². The Bertz CT molecular complexity index is 342. The number of benzene rings is 1. The normalized spacial score (nSPS) is 11.5. The fourth-order valence-electron chi connectivity index (χ4n) is 1.19. The standard InChI is InChI=1S/C12H18O3S2/c1-16(2)14-12(15-17(3)4)11(13)10-8-6-5-7-9-10/h5-9,12H,1-4H3/q+2. The van der Waals surface area contributed by atoms with E-state index in [0.717, 1.165) is 0 Å². The molecule has 0 atom stereocenters. The number of carbonyl (C=O) groups is 1. The van der Waals surface area contributed by atoms with Gasteiger partial charge in [0, 0.05) is 5.56 Å². The van der Waals surface area contributed by atoms with E-state index in [1.54, 1.807) is 12.1 Å².